The summed E-state index contributed by atoms with van der Waals surface area (Å²) >= 11 is 3.43. The maximum absolute atomic E-state index is 11.9. The fourth-order valence-electron chi connectivity index (χ4n) is 3.09. The highest BCUT2D eigenvalue weighted by atomic mass is 79.9. The number of carbonyl (C=O) groups excluding carboxylic acids is 1. The van der Waals surface area contributed by atoms with E-state index in [1.54, 1.807) is 0 Å². The number of hydrogen-bond donors (Lipinski definition) is 0. The Bertz CT molecular complexity index is 614. The third-order valence-corrected chi connectivity index (χ3v) is 4.92. The lowest BCUT2D eigenvalue weighted by atomic mass is 9.94. The molecule has 2 saturated heterocycles. The molecule has 0 amide bonds. The summed E-state index contributed by atoms with van der Waals surface area (Å²) in [5.41, 5.74) is 1.46. The van der Waals surface area contributed by atoms with Gasteiger partial charge in [-0.15, -0.1) is 0 Å². The SMILES string of the molecule is COC(=O)C1=C(Br)[C@H]2O[C@@H]1[C@@H]1OC(c3ccccc3)O[C@@H]12. The van der Waals surface area contributed by atoms with Gasteiger partial charge in [-0.05, 0) is 0 Å². The van der Waals surface area contributed by atoms with E-state index in [0.717, 1.165) is 5.56 Å². The van der Waals surface area contributed by atoms with Crippen LogP contribution in [0.1, 0.15) is 11.9 Å². The average Bonchev–Trinajstić information content (AvgIpc) is 3.16. The molecule has 0 saturated carbocycles. The van der Waals surface area contributed by atoms with Crippen molar-refractivity contribution in [3.8, 4) is 0 Å². The zero-order valence-corrected chi connectivity index (χ0v) is 12.8. The molecule has 0 radical (unpaired) electrons. The second-order valence-electron chi connectivity index (χ2n) is 5.17. The van der Waals surface area contributed by atoms with Crippen LogP contribution in [0.4, 0.5) is 0 Å². The molecule has 3 aliphatic heterocycles. The van der Waals surface area contributed by atoms with E-state index < -0.39 is 12.4 Å². The van der Waals surface area contributed by atoms with Crippen LogP contribution in [-0.2, 0) is 23.7 Å². The van der Waals surface area contributed by atoms with E-state index in [2.05, 4.69) is 15.9 Å². The number of rotatable bonds is 2. The molecule has 5 nitrogen and oxygen atoms in total. The Morgan fingerprint density at radius 1 is 1.10 bits per heavy atom. The predicted octanol–water partition coefficient (Wildman–Crippen LogP) is 2.07. The summed E-state index contributed by atoms with van der Waals surface area (Å²) in [5, 5.41) is 0. The van der Waals surface area contributed by atoms with Gasteiger partial charge in [0.2, 0.25) is 0 Å². The van der Waals surface area contributed by atoms with Crippen LogP contribution >= 0.6 is 15.9 Å². The largest absolute Gasteiger partial charge is 0.466 e. The highest BCUT2D eigenvalue weighted by Crippen LogP contribution is 2.50. The number of benzene rings is 1. The lowest BCUT2D eigenvalue weighted by molar-refractivity contribution is -0.139. The molecule has 1 unspecified atom stereocenters. The van der Waals surface area contributed by atoms with Gasteiger partial charge in [0.1, 0.15) is 24.4 Å². The number of esters is 1. The summed E-state index contributed by atoms with van der Waals surface area (Å²) in [5.74, 6) is -0.389. The normalized spacial score (nSPS) is 37.0. The Morgan fingerprint density at radius 3 is 2.43 bits per heavy atom. The highest BCUT2D eigenvalue weighted by molar-refractivity contribution is 9.11. The quantitative estimate of drug-likeness (QED) is 0.762. The molecular formula is C15H13BrO5. The standard InChI is InChI=1S/C15H13BrO5/c1-18-14(17)8-9(16)11-13-12(10(8)19-11)20-15(21-13)7-5-3-2-4-6-7/h2-6,10-13,15H,1H3/t10-,11+,12-,13+,15?/m0/s1. The van der Waals surface area contributed by atoms with Crippen LogP contribution in [0.2, 0.25) is 0 Å². The van der Waals surface area contributed by atoms with Crippen LogP contribution in [0.3, 0.4) is 0 Å². The third-order valence-electron chi connectivity index (χ3n) is 4.04. The van der Waals surface area contributed by atoms with Crippen molar-refractivity contribution in [3.63, 3.8) is 0 Å². The minimum atomic E-state index is -0.435. The first-order chi connectivity index (χ1) is 10.2. The molecule has 2 bridgehead atoms. The summed E-state index contributed by atoms with van der Waals surface area (Å²) in [6, 6.07) is 9.74. The number of hydrogen-bond acceptors (Lipinski definition) is 5. The highest BCUT2D eigenvalue weighted by Gasteiger charge is 2.61. The van der Waals surface area contributed by atoms with Crippen molar-refractivity contribution >= 4 is 21.9 Å². The van der Waals surface area contributed by atoms with E-state index in [-0.39, 0.29) is 24.3 Å². The Hall–Kier alpha value is -1.21. The summed E-state index contributed by atoms with van der Waals surface area (Å²) in [4.78, 5) is 11.9. The second kappa shape index (κ2) is 4.91. The fraction of sp³-hybridized carbons (Fsp3) is 0.400. The van der Waals surface area contributed by atoms with Gasteiger partial charge in [0.15, 0.2) is 6.29 Å². The number of carbonyl (C=O) groups is 1. The van der Waals surface area contributed by atoms with E-state index in [1.165, 1.54) is 7.11 Å². The van der Waals surface area contributed by atoms with Crippen LogP contribution < -0.4 is 0 Å². The summed E-state index contributed by atoms with van der Waals surface area (Å²) in [6.07, 6.45) is -1.65. The van der Waals surface area contributed by atoms with E-state index >= 15 is 0 Å². The van der Waals surface area contributed by atoms with Gasteiger partial charge >= 0.3 is 5.97 Å². The van der Waals surface area contributed by atoms with Crippen LogP contribution in [0, 0.1) is 0 Å². The average molecular weight is 353 g/mol. The van der Waals surface area contributed by atoms with Gasteiger partial charge in [-0.1, -0.05) is 46.3 Å². The maximum Gasteiger partial charge on any atom is 0.337 e. The van der Waals surface area contributed by atoms with E-state index in [1.807, 2.05) is 30.3 Å². The molecule has 4 rings (SSSR count). The Kier molecular flexibility index (Phi) is 3.15. The van der Waals surface area contributed by atoms with Crippen molar-refractivity contribution in [3.05, 3.63) is 46.0 Å². The van der Waals surface area contributed by atoms with Crippen molar-refractivity contribution in [2.45, 2.75) is 30.7 Å². The minimum absolute atomic E-state index is 0.206. The van der Waals surface area contributed by atoms with Gasteiger partial charge in [0.05, 0.1) is 12.7 Å². The van der Waals surface area contributed by atoms with Gasteiger partial charge in [-0.25, -0.2) is 4.79 Å². The molecule has 6 heteroatoms. The van der Waals surface area contributed by atoms with Gasteiger partial charge in [-0.3, -0.25) is 0 Å². The molecule has 3 aliphatic rings. The molecule has 2 fully saturated rings. The monoisotopic (exact) mass is 352 g/mol. The van der Waals surface area contributed by atoms with Crippen LogP contribution in [0.15, 0.2) is 40.4 Å². The first-order valence-electron chi connectivity index (χ1n) is 6.70. The van der Waals surface area contributed by atoms with Crippen molar-refractivity contribution in [2.24, 2.45) is 0 Å². The van der Waals surface area contributed by atoms with Gasteiger partial charge in [0, 0.05) is 10.0 Å². The molecule has 3 heterocycles. The molecule has 0 aromatic heterocycles. The number of halogens is 1. The molecule has 1 aromatic carbocycles. The summed E-state index contributed by atoms with van der Waals surface area (Å²) < 4.78 is 23.3. The number of methoxy groups -OCH3 is 1. The zero-order chi connectivity index (χ0) is 14.6. The first kappa shape index (κ1) is 13.5. The second-order valence-corrected chi connectivity index (χ2v) is 6.03. The topological polar surface area (TPSA) is 54.0 Å². The Labute approximate surface area is 129 Å². The van der Waals surface area contributed by atoms with Crippen molar-refractivity contribution in [1.82, 2.24) is 0 Å². The van der Waals surface area contributed by atoms with Gasteiger partial charge in [-0.2, -0.15) is 0 Å². The molecule has 0 spiro atoms. The van der Waals surface area contributed by atoms with Crippen LogP contribution in [-0.4, -0.2) is 37.5 Å². The lowest BCUT2D eigenvalue weighted by Gasteiger charge is -2.19. The maximum atomic E-state index is 11.9. The molecule has 0 aliphatic carbocycles. The molecular weight excluding hydrogens is 340 g/mol. The molecule has 0 N–H and O–H groups in total. The lowest BCUT2D eigenvalue weighted by Crippen LogP contribution is -2.37. The van der Waals surface area contributed by atoms with E-state index in [0.29, 0.717) is 10.1 Å². The molecule has 5 atom stereocenters. The van der Waals surface area contributed by atoms with Gasteiger partial charge in [0.25, 0.3) is 0 Å². The minimum Gasteiger partial charge on any atom is -0.466 e. The molecule has 21 heavy (non-hydrogen) atoms. The van der Waals surface area contributed by atoms with E-state index in [9.17, 15) is 4.79 Å². The predicted molar refractivity (Wildman–Crippen MR) is 75.6 cm³/mol. The van der Waals surface area contributed by atoms with Crippen LogP contribution in [0.25, 0.3) is 0 Å². The van der Waals surface area contributed by atoms with Crippen molar-refractivity contribution in [1.29, 1.82) is 0 Å². The Balaban J connectivity index is 1.60. The van der Waals surface area contributed by atoms with Gasteiger partial charge < -0.3 is 18.9 Å². The smallest absolute Gasteiger partial charge is 0.337 e. The first-order valence-corrected chi connectivity index (χ1v) is 7.49. The number of fused-ring (bicyclic) bond motifs is 5. The fourth-order valence-corrected chi connectivity index (χ4v) is 3.84. The zero-order valence-electron chi connectivity index (χ0n) is 11.2. The molecule has 110 valence electrons. The van der Waals surface area contributed by atoms with Crippen molar-refractivity contribution in [2.75, 3.05) is 7.11 Å². The van der Waals surface area contributed by atoms with Crippen LogP contribution in [0.5, 0.6) is 0 Å². The third kappa shape index (κ3) is 1.90. The summed E-state index contributed by atoms with van der Waals surface area (Å²) in [7, 11) is 1.36. The summed E-state index contributed by atoms with van der Waals surface area (Å²) in [6.45, 7) is 0. The van der Waals surface area contributed by atoms with E-state index in [4.69, 9.17) is 18.9 Å². The number of ether oxygens (including phenoxy) is 4. The van der Waals surface area contributed by atoms with Crippen molar-refractivity contribution < 1.29 is 23.7 Å². The molecule has 1 aromatic rings. The Morgan fingerprint density at radius 2 is 1.76 bits per heavy atom.